The zero-order valence-corrected chi connectivity index (χ0v) is 17.2. The van der Waals surface area contributed by atoms with Crippen LogP contribution in [0.2, 0.25) is 0 Å². The molecule has 5 rings (SSSR count). The lowest BCUT2D eigenvalue weighted by molar-refractivity contribution is 0.136. The number of H-pyrrole nitrogens is 1. The highest BCUT2D eigenvalue weighted by molar-refractivity contribution is 5.91. The van der Waals surface area contributed by atoms with E-state index in [4.69, 9.17) is 11.4 Å². The summed E-state index contributed by atoms with van der Waals surface area (Å²) < 4.78 is 0. The van der Waals surface area contributed by atoms with E-state index in [1.54, 1.807) is 0 Å². The van der Waals surface area contributed by atoms with Crippen molar-refractivity contribution in [1.82, 2.24) is 25.1 Å². The highest BCUT2D eigenvalue weighted by Gasteiger charge is 2.40. The first kappa shape index (κ1) is 18.9. The number of hydrogen-bond acceptors (Lipinski definition) is 6. The predicted molar refractivity (Wildman–Crippen MR) is 120 cm³/mol. The summed E-state index contributed by atoms with van der Waals surface area (Å²) in [6, 6.07) is 9.61. The normalized spacial score (nSPS) is 23.4. The molecule has 3 N–H and O–H groups in total. The maximum Gasteiger partial charge on any atom is 0.153 e. The van der Waals surface area contributed by atoms with E-state index in [1.807, 2.05) is 31.3 Å². The van der Waals surface area contributed by atoms with Crippen molar-refractivity contribution < 1.29 is 0 Å². The van der Waals surface area contributed by atoms with Crippen molar-refractivity contribution in [1.29, 1.82) is 0 Å². The van der Waals surface area contributed by atoms with Gasteiger partial charge in [-0.3, -0.25) is 15.0 Å². The average molecular weight is 402 g/mol. The molecule has 154 valence electrons. The molecular formula is C23H27N7. The van der Waals surface area contributed by atoms with Crippen LogP contribution in [0.25, 0.3) is 10.9 Å². The molecule has 30 heavy (non-hydrogen) atoms. The fourth-order valence-corrected chi connectivity index (χ4v) is 5.01. The Kier molecular flexibility index (Phi) is 5.01. The SMILES string of the molecule is C#CCCN1[C@@H]2CC[C@H]1C[C@H](Nc1nc(Nc3cc(C)[nH]n3)cc3ncccc13)C2. The van der Waals surface area contributed by atoms with Gasteiger partial charge in [-0.15, -0.1) is 12.3 Å². The van der Waals surface area contributed by atoms with Crippen LogP contribution in [0.4, 0.5) is 17.5 Å². The molecule has 2 bridgehead atoms. The second-order valence-electron chi connectivity index (χ2n) is 8.38. The van der Waals surface area contributed by atoms with Crippen molar-refractivity contribution in [3.8, 4) is 12.3 Å². The molecule has 7 nitrogen and oxygen atoms in total. The number of nitrogens with zero attached hydrogens (tertiary/aromatic N) is 4. The monoisotopic (exact) mass is 401 g/mol. The minimum absolute atomic E-state index is 0.406. The molecule has 3 atom stereocenters. The summed E-state index contributed by atoms with van der Waals surface area (Å²) in [5.41, 5.74) is 1.92. The summed E-state index contributed by atoms with van der Waals surface area (Å²) in [6.45, 7) is 3.00. The van der Waals surface area contributed by atoms with E-state index in [0.717, 1.165) is 59.9 Å². The Morgan fingerprint density at radius 3 is 2.80 bits per heavy atom. The molecule has 0 amide bonds. The van der Waals surface area contributed by atoms with Gasteiger partial charge in [-0.2, -0.15) is 5.10 Å². The Hall–Kier alpha value is -3.11. The fourth-order valence-electron chi connectivity index (χ4n) is 5.01. The summed E-state index contributed by atoms with van der Waals surface area (Å²) >= 11 is 0. The first-order chi connectivity index (χ1) is 14.7. The third-order valence-electron chi connectivity index (χ3n) is 6.30. The smallest absolute Gasteiger partial charge is 0.153 e. The van der Waals surface area contributed by atoms with Crippen molar-refractivity contribution in [2.24, 2.45) is 0 Å². The second-order valence-corrected chi connectivity index (χ2v) is 8.38. The van der Waals surface area contributed by atoms with E-state index in [9.17, 15) is 0 Å². The molecule has 3 aromatic rings. The minimum Gasteiger partial charge on any atom is -0.367 e. The zero-order chi connectivity index (χ0) is 20.5. The number of aromatic amines is 1. The number of aryl methyl sites for hydroxylation is 1. The number of fused-ring (bicyclic) bond motifs is 3. The van der Waals surface area contributed by atoms with Gasteiger partial charge in [-0.05, 0) is 44.7 Å². The number of aromatic nitrogens is 4. The van der Waals surface area contributed by atoms with Crippen LogP contribution < -0.4 is 10.6 Å². The lowest BCUT2D eigenvalue weighted by Crippen LogP contribution is -2.47. The minimum atomic E-state index is 0.406. The summed E-state index contributed by atoms with van der Waals surface area (Å²) in [5, 5.41) is 15.3. The predicted octanol–water partition coefficient (Wildman–Crippen LogP) is 3.84. The Labute approximate surface area is 176 Å². The fraction of sp³-hybridized carbons (Fsp3) is 0.435. The number of hydrogen-bond donors (Lipinski definition) is 3. The maximum absolute atomic E-state index is 5.49. The van der Waals surface area contributed by atoms with E-state index in [2.05, 4.69) is 42.7 Å². The summed E-state index contributed by atoms with van der Waals surface area (Å²) in [4.78, 5) is 12.1. The molecule has 2 saturated heterocycles. The van der Waals surface area contributed by atoms with Gasteiger partial charge in [0, 0.05) is 60.5 Å². The van der Waals surface area contributed by atoms with Crippen LogP contribution in [-0.4, -0.2) is 49.7 Å². The number of nitrogens with one attached hydrogen (secondary N) is 3. The second kappa shape index (κ2) is 7.96. The highest BCUT2D eigenvalue weighted by atomic mass is 15.2. The molecule has 0 radical (unpaired) electrons. The van der Waals surface area contributed by atoms with Gasteiger partial charge in [0.25, 0.3) is 0 Å². The van der Waals surface area contributed by atoms with Crippen LogP contribution in [0.1, 0.15) is 37.8 Å². The van der Waals surface area contributed by atoms with Gasteiger partial charge < -0.3 is 10.6 Å². The van der Waals surface area contributed by atoms with Gasteiger partial charge in [-0.25, -0.2) is 4.98 Å². The van der Waals surface area contributed by atoms with Crippen molar-refractivity contribution in [3.05, 3.63) is 36.2 Å². The first-order valence-corrected chi connectivity index (χ1v) is 10.7. The molecule has 2 fully saturated rings. The van der Waals surface area contributed by atoms with E-state index in [0.29, 0.717) is 18.1 Å². The quantitative estimate of drug-likeness (QED) is 0.545. The molecule has 5 heterocycles. The van der Waals surface area contributed by atoms with Gasteiger partial charge in [0.2, 0.25) is 0 Å². The van der Waals surface area contributed by atoms with Gasteiger partial charge in [0.15, 0.2) is 5.82 Å². The van der Waals surface area contributed by atoms with Crippen LogP contribution >= 0.6 is 0 Å². The zero-order valence-electron chi connectivity index (χ0n) is 17.2. The van der Waals surface area contributed by atoms with Crippen molar-refractivity contribution in [3.63, 3.8) is 0 Å². The van der Waals surface area contributed by atoms with Gasteiger partial charge >= 0.3 is 0 Å². The topological polar surface area (TPSA) is 81.8 Å². The van der Waals surface area contributed by atoms with Crippen molar-refractivity contribution in [2.45, 2.75) is 57.2 Å². The van der Waals surface area contributed by atoms with Gasteiger partial charge in [0.1, 0.15) is 11.6 Å². The number of rotatable bonds is 6. The van der Waals surface area contributed by atoms with Crippen LogP contribution in [0, 0.1) is 19.3 Å². The van der Waals surface area contributed by atoms with Gasteiger partial charge in [0.05, 0.1) is 5.52 Å². The van der Waals surface area contributed by atoms with Crippen LogP contribution in [-0.2, 0) is 0 Å². The van der Waals surface area contributed by atoms with E-state index in [-0.39, 0.29) is 0 Å². The van der Waals surface area contributed by atoms with Gasteiger partial charge in [-0.1, -0.05) is 0 Å². The molecule has 0 spiro atoms. The Bertz CT molecular complexity index is 1070. The lowest BCUT2D eigenvalue weighted by atomic mass is 9.97. The summed E-state index contributed by atoms with van der Waals surface area (Å²) in [6.07, 6.45) is 12.9. The molecule has 3 aromatic heterocycles. The maximum atomic E-state index is 5.49. The molecule has 0 unspecified atom stereocenters. The third-order valence-corrected chi connectivity index (χ3v) is 6.30. The number of piperidine rings is 1. The van der Waals surface area contributed by atoms with E-state index < -0.39 is 0 Å². The summed E-state index contributed by atoms with van der Waals surface area (Å²) in [7, 11) is 0. The number of terminal acetylenes is 1. The van der Waals surface area contributed by atoms with Crippen LogP contribution in [0.3, 0.4) is 0 Å². The van der Waals surface area contributed by atoms with Crippen molar-refractivity contribution >= 4 is 28.4 Å². The van der Waals surface area contributed by atoms with Crippen LogP contribution in [0.5, 0.6) is 0 Å². The molecule has 2 aliphatic heterocycles. The molecule has 0 saturated carbocycles. The Balaban J connectivity index is 1.38. The highest BCUT2D eigenvalue weighted by Crippen LogP contribution is 2.37. The average Bonchev–Trinajstić information content (AvgIpc) is 3.25. The largest absolute Gasteiger partial charge is 0.367 e. The van der Waals surface area contributed by atoms with Crippen LogP contribution in [0.15, 0.2) is 30.5 Å². The van der Waals surface area contributed by atoms with E-state index >= 15 is 0 Å². The van der Waals surface area contributed by atoms with Crippen molar-refractivity contribution in [2.75, 3.05) is 17.2 Å². The number of anilines is 3. The molecule has 2 aliphatic rings. The third kappa shape index (κ3) is 3.71. The number of pyridine rings is 2. The first-order valence-electron chi connectivity index (χ1n) is 10.7. The Morgan fingerprint density at radius 2 is 2.07 bits per heavy atom. The molecule has 0 aliphatic carbocycles. The van der Waals surface area contributed by atoms with E-state index in [1.165, 1.54) is 12.8 Å². The standard InChI is InChI=1S/C23H27N7/c1-3-4-10-30-17-7-8-18(30)13-16(12-17)25-23-19-6-5-9-24-20(19)14-21(27-23)26-22-11-15(2)28-29-22/h1,5-6,9,11,14,16-18H,4,7-8,10,12-13H2,2H3,(H3,25,26,27,28,29)/t16-,17-,18+. The lowest BCUT2D eigenvalue weighted by Gasteiger charge is -2.39. The Morgan fingerprint density at radius 1 is 1.23 bits per heavy atom. The molecule has 7 heteroatoms. The molecule has 0 aromatic carbocycles. The summed E-state index contributed by atoms with van der Waals surface area (Å²) in [5.74, 6) is 5.17. The molecular weight excluding hydrogens is 374 g/mol.